The molecule has 1 N–H and O–H groups in total. The number of benzene rings is 1. The third-order valence-electron chi connectivity index (χ3n) is 4.50. The van der Waals surface area contributed by atoms with Gasteiger partial charge in [-0.15, -0.1) is 11.3 Å². The van der Waals surface area contributed by atoms with Gasteiger partial charge in [0.25, 0.3) is 5.91 Å². The van der Waals surface area contributed by atoms with E-state index in [2.05, 4.69) is 5.32 Å². The highest BCUT2D eigenvalue weighted by Gasteiger charge is 2.34. The standard InChI is InChI=1S/C18H17ClN2O4S/c19-16-6-5-15(26-16)18(23)21-7-1-2-12(21)17(22)20-9-11-3-4-13-14(8-11)25-10-24-13/h3-6,8,12H,1-2,7,9-10H2,(H,20,22). The summed E-state index contributed by atoms with van der Waals surface area (Å²) in [6.45, 7) is 1.17. The SMILES string of the molecule is O=C(NCc1ccc2c(c1)OCO2)C1CCCN1C(=O)c1ccc(Cl)s1. The largest absolute Gasteiger partial charge is 0.454 e. The predicted molar refractivity (Wildman–Crippen MR) is 97.8 cm³/mol. The molecule has 1 aromatic carbocycles. The van der Waals surface area contributed by atoms with Gasteiger partial charge in [0.2, 0.25) is 12.7 Å². The first kappa shape index (κ1) is 17.2. The van der Waals surface area contributed by atoms with Crippen LogP contribution in [-0.2, 0) is 11.3 Å². The van der Waals surface area contributed by atoms with Crippen molar-refractivity contribution in [2.75, 3.05) is 13.3 Å². The van der Waals surface area contributed by atoms with Crippen LogP contribution in [0.3, 0.4) is 0 Å². The molecule has 1 atom stereocenters. The van der Waals surface area contributed by atoms with Crippen LogP contribution in [0.2, 0.25) is 4.34 Å². The highest BCUT2D eigenvalue weighted by atomic mass is 35.5. The molecule has 0 bridgehead atoms. The smallest absolute Gasteiger partial charge is 0.264 e. The molecule has 1 fully saturated rings. The van der Waals surface area contributed by atoms with Crippen molar-refractivity contribution < 1.29 is 19.1 Å². The summed E-state index contributed by atoms with van der Waals surface area (Å²) in [7, 11) is 0. The lowest BCUT2D eigenvalue weighted by atomic mass is 10.1. The van der Waals surface area contributed by atoms with Crippen LogP contribution in [0.1, 0.15) is 28.1 Å². The number of rotatable bonds is 4. The Hall–Kier alpha value is -2.25. The molecule has 1 unspecified atom stereocenters. The fourth-order valence-corrected chi connectivity index (χ4v) is 4.21. The zero-order valence-electron chi connectivity index (χ0n) is 13.9. The molecule has 2 amide bonds. The third kappa shape index (κ3) is 3.37. The zero-order chi connectivity index (χ0) is 18.1. The first-order valence-electron chi connectivity index (χ1n) is 8.34. The molecule has 2 aliphatic heterocycles. The number of ether oxygens (including phenoxy) is 2. The normalized spacial score (nSPS) is 18.2. The van der Waals surface area contributed by atoms with Crippen LogP contribution in [0, 0.1) is 0 Å². The fourth-order valence-electron chi connectivity index (χ4n) is 3.21. The molecule has 1 aromatic heterocycles. The molecule has 1 saturated heterocycles. The zero-order valence-corrected chi connectivity index (χ0v) is 15.4. The molecule has 6 nitrogen and oxygen atoms in total. The summed E-state index contributed by atoms with van der Waals surface area (Å²) in [5.41, 5.74) is 0.920. The molecular formula is C18H17ClN2O4S. The van der Waals surface area contributed by atoms with E-state index in [9.17, 15) is 9.59 Å². The number of amides is 2. The molecule has 0 spiro atoms. The highest BCUT2D eigenvalue weighted by molar-refractivity contribution is 7.17. The summed E-state index contributed by atoms with van der Waals surface area (Å²) < 4.78 is 11.2. The Balaban J connectivity index is 1.39. The molecule has 2 aliphatic rings. The minimum atomic E-state index is -0.447. The van der Waals surface area contributed by atoms with E-state index < -0.39 is 6.04 Å². The van der Waals surface area contributed by atoms with Gasteiger partial charge in [-0.05, 0) is 42.7 Å². The quantitative estimate of drug-likeness (QED) is 0.868. The Bertz CT molecular complexity index is 853. The van der Waals surface area contributed by atoms with Crippen LogP contribution in [0.15, 0.2) is 30.3 Å². The number of nitrogens with one attached hydrogen (secondary N) is 1. The van der Waals surface area contributed by atoms with E-state index >= 15 is 0 Å². The molecular weight excluding hydrogens is 376 g/mol. The van der Waals surface area contributed by atoms with E-state index in [1.165, 1.54) is 11.3 Å². The van der Waals surface area contributed by atoms with E-state index in [1.54, 1.807) is 17.0 Å². The number of thiophene rings is 1. The van der Waals surface area contributed by atoms with Crippen LogP contribution in [-0.4, -0.2) is 36.1 Å². The number of nitrogens with zero attached hydrogens (tertiary/aromatic N) is 1. The minimum Gasteiger partial charge on any atom is -0.454 e. The molecule has 0 aliphatic carbocycles. The second-order valence-electron chi connectivity index (χ2n) is 6.17. The molecule has 2 aromatic rings. The van der Waals surface area contributed by atoms with Crippen LogP contribution >= 0.6 is 22.9 Å². The Morgan fingerprint density at radius 1 is 1.23 bits per heavy atom. The number of carbonyl (C=O) groups excluding carboxylic acids is 2. The molecule has 0 radical (unpaired) electrons. The average molecular weight is 393 g/mol. The molecule has 26 heavy (non-hydrogen) atoms. The van der Waals surface area contributed by atoms with Crippen molar-refractivity contribution in [2.24, 2.45) is 0 Å². The van der Waals surface area contributed by atoms with Gasteiger partial charge in [0.15, 0.2) is 11.5 Å². The summed E-state index contributed by atoms with van der Waals surface area (Å²) in [6, 6.07) is 8.53. The van der Waals surface area contributed by atoms with E-state index in [0.29, 0.717) is 40.2 Å². The van der Waals surface area contributed by atoms with E-state index in [0.717, 1.165) is 12.0 Å². The summed E-state index contributed by atoms with van der Waals surface area (Å²) in [4.78, 5) is 27.5. The average Bonchev–Trinajstić information content (AvgIpc) is 3.38. The first-order valence-corrected chi connectivity index (χ1v) is 9.54. The van der Waals surface area contributed by atoms with E-state index in [-0.39, 0.29) is 18.6 Å². The number of carbonyl (C=O) groups is 2. The maximum absolute atomic E-state index is 12.6. The van der Waals surface area contributed by atoms with Crippen molar-refractivity contribution in [1.29, 1.82) is 0 Å². The predicted octanol–water partition coefficient (Wildman–Crippen LogP) is 3.05. The van der Waals surface area contributed by atoms with Gasteiger partial charge in [0, 0.05) is 13.1 Å². The molecule has 3 heterocycles. The molecule has 0 saturated carbocycles. The fraction of sp³-hybridized carbons (Fsp3) is 0.333. The lowest BCUT2D eigenvalue weighted by Crippen LogP contribution is -2.45. The van der Waals surface area contributed by atoms with Crippen LogP contribution < -0.4 is 14.8 Å². The Morgan fingerprint density at radius 3 is 2.88 bits per heavy atom. The third-order valence-corrected chi connectivity index (χ3v) is 5.72. The maximum Gasteiger partial charge on any atom is 0.264 e. The van der Waals surface area contributed by atoms with Crippen molar-refractivity contribution in [3.05, 3.63) is 45.1 Å². The number of hydrogen-bond donors (Lipinski definition) is 1. The van der Waals surface area contributed by atoms with Gasteiger partial charge in [0.1, 0.15) is 6.04 Å². The maximum atomic E-state index is 12.6. The van der Waals surface area contributed by atoms with Crippen molar-refractivity contribution in [1.82, 2.24) is 10.2 Å². The van der Waals surface area contributed by atoms with Gasteiger partial charge >= 0.3 is 0 Å². The Morgan fingerprint density at radius 2 is 2.08 bits per heavy atom. The minimum absolute atomic E-state index is 0.136. The summed E-state index contributed by atoms with van der Waals surface area (Å²) in [5.74, 6) is 1.12. The van der Waals surface area contributed by atoms with E-state index in [4.69, 9.17) is 21.1 Å². The van der Waals surface area contributed by atoms with Crippen molar-refractivity contribution >= 4 is 34.8 Å². The lowest BCUT2D eigenvalue weighted by Gasteiger charge is -2.23. The van der Waals surface area contributed by atoms with Crippen molar-refractivity contribution in [2.45, 2.75) is 25.4 Å². The summed E-state index contributed by atoms with van der Waals surface area (Å²) in [6.07, 6.45) is 1.48. The number of likely N-dealkylation sites (tertiary alicyclic amines) is 1. The monoisotopic (exact) mass is 392 g/mol. The number of hydrogen-bond acceptors (Lipinski definition) is 5. The van der Waals surface area contributed by atoms with Crippen LogP contribution in [0.5, 0.6) is 11.5 Å². The number of halogens is 1. The van der Waals surface area contributed by atoms with Gasteiger partial charge in [-0.3, -0.25) is 9.59 Å². The second kappa shape index (κ2) is 7.17. The Kier molecular flexibility index (Phi) is 4.74. The van der Waals surface area contributed by atoms with Crippen LogP contribution in [0.25, 0.3) is 0 Å². The van der Waals surface area contributed by atoms with Gasteiger partial charge in [0.05, 0.1) is 9.21 Å². The molecule has 136 valence electrons. The van der Waals surface area contributed by atoms with Gasteiger partial charge in [-0.1, -0.05) is 17.7 Å². The van der Waals surface area contributed by atoms with E-state index in [1.807, 2.05) is 18.2 Å². The first-order chi connectivity index (χ1) is 12.6. The van der Waals surface area contributed by atoms with Crippen molar-refractivity contribution in [3.63, 3.8) is 0 Å². The van der Waals surface area contributed by atoms with Gasteiger partial charge in [-0.25, -0.2) is 0 Å². The topological polar surface area (TPSA) is 67.9 Å². The van der Waals surface area contributed by atoms with Crippen LogP contribution in [0.4, 0.5) is 0 Å². The lowest BCUT2D eigenvalue weighted by molar-refractivity contribution is -0.125. The number of fused-ring (bicyclic) bond motifs is 1. The summed E-state index contributed by atoms with van der Waals surface area (Å²) in [5, 5.41) is 2.92. The second-order valence-corrected chi connectivity index (χ2v) is 7.88. The van der Waals surface area contributed by atoms with Crippen molar-refractivity contribution in [3.8, 4) is 11.5 Å². The highest BCUT2D eigenvalue weighted by Crippen LogP contribution is 2.32. The summed E-state index contributed by atoms with van der Waals surface area (Å²) >= 11 is 7.15. The van der Waals surface area contributed by atoms with Gasteiger partial charge < -0.3 is 19.7 Å². The molecule has 4 rings (SSSR count). The molecule has 8 heteroatoms. The Labute approximate surface area is 159 Å². The van der Waals surface area contributed by atoms with Gasteiger partial charge in [-0.2, -0.15) is 0 Å².